The quantitative estimate of drug-likeness (QED) is 0.776. The van der Waals surface area contributed by atoms with Crippen molar-refractivity contribution in [2.24, 2.45) is 0 Å². The summed E-state index contributed by atoms with van der Waals surface area (Å²) >= 11 is 0. The van der Waals surface area contributed by atoms with Crippen molar-refractivity contribution >= 4 is 11.8 Å². The third-order valence-electron chi connectivity index (χ3n) is 6.27. The summed E-state index contributed by atoms with van der Waals surface area (Å²) in [6.07, 6.45) is 0.147. The first kappa shape index (κ1) is 21.8. The molecule has 3 unspecified atom stereocenters. The van der Waals surface area contributed by atoms with E-state index in [9.17, 15) is 9.59 Å². The van der Waals surface area contributed by atoms with Gasteiger partial charge in [-0.25, -0.2) is 0 Å². The number of piperazine rings is 1. The predicted molar refractivity (Wildman–Crippen MR) is 114 cm³/mol. The van der Waals surface area contributed by atoms with Gasteiger partial charge in [0.2, 0.25) is 11.8 Å². The molecule has 0 radical (unpaired) electrons. The SMILES string of the molecule is CC1CN(C(=O)C(C)N2CCN(C(=O)C(C)(C)c3ccccc3)CC2)CC(C)O1. The molecule has 2 fully saturated rings. The maximum absolute atomic E-state index is 13.2. The molecule has 0 N–H and O–H groups in total. The number of ether oxygens (including phenoxy) is 1. The number of rotatable bonds is 4. The van der Waals surface area contributed by atoms with Crippen molar-refractivity contribution < 1.29 is 14.3 Å². The van der Waals surface area contributed by atoms with E-state index in [1.807, 2.05) is 74.8 Å². The maximum Gasteiger partial charge on any atom is 0.239 e. The second-order valence-corrected chi connectivity index (χ2v) is 9.00. The van der Waals surface area contributed by atoms with Crippen molar-refractivity contribution in [2.45, 2.75) is 58.3 Å². The zero-order valence-electron chi connectivity index (χ0n) is 18.4. The zero-order chi connectivity index (χ0) is 21.2. The fourth-order valence-electron chi connectivity index (χ4n) is 4.46. The Balaban J connectivity index is 1.57. The number of nitrogens with zero attached hydrogens (tertiary/aromatic N) is 3. The number of benzene rings is 1. The number of carbonyl (C=O) groups is 2. The molecule has 0 aliphatic carbocycles. The summed E-state index contributed by atoms with van der Waals surface area (Å²) in [5.74, 6) is 0.314. The summed E-state index contributed by atoms with van der Waals surface area (Å²) in [7, 11) is 0. The van der Waals surface area contributed by atoms with Crippen LogP contribution in [0.2, 0.25) is 0 Å². The molecule has 1 aromatic rings. The monoisotopic (exact) mass is 401 g/mol. The highest BCUT2D eigenvalue weighted by molar-refractivity contribution is 5.87. The molecule has 2 aliphatic rings. The molecule has 0 bridgehead atoms. The summed E-state index contributed by atoms with van der Waals surface area (Å²) in [6, 6.07) is 9.77. The largest absolute Gasteiger partial charge is 0.372 e. The Morgan fingerprint density at radius 2 is 1.52 bits per heavy atom. The van der Waals surface area contributed by atoms with Crippen LogP contribution in [0.3, 0.4) is 0 Å². The van der Waals surface area contributed by atoms with Gasteiger partial charge in [-0.2, -0.15) is 0 Å². The highest BCUT2D eigenvalue weighted by Gasteiger charge is 2.37. The normalized spacial score (nSPS) is 25.0. The van der Waals surface area contributed by atoms with Crippen molar-refractivity contribution in [1.29, 1.82) is 0 Å². The molecular formula is C23H35N3O3. The third kappa shape index (κ3) is 4.81. The first-order chi connectivity index (χ1) is 13.7. The van der Waals surface area contributed by atoms with Gasteiger partial charge in [-0.3, -0.25) is 14.5 Å². The standard InChI is InChI=1S/C23H35N3O3/c1-17-15-26(16-18(2)29-17)21(27)19(3)24-11-13-25(14-12-24)22(28)23(4,5)20-9-7-6-8-10-20/h6-10,17-19H,11-16H2,1-5H3. The lowest BCUT2D eigenvalue weighted by Gasteiger charge is -2.42. The Labute approximate surface area is 174 Å². The van der Waals surface area contributed by atoms with Crippen molar-refractivity contribution in [3.05, 3.63) is 35.9 Å². The van der Waals surface area contributed by atoms with Crippen LogP contribution < -0.4 is 0 Å². The van der Waals surface area contributed by atoms with Crippen molar-refractivity contribution in [3.8, 4) is 0 Å². The smallest absolute Gasteiger partial charge is 0.239 e. The van der Waals surface area contributed by atoms with Gasteiger partial charge >= 0.3 is 0 Å². The lowest BCUT2D eigenvalue weighted by molar-refractivity contribution is -0.149. The van der Waals surface area contributed by atoms with Crippen molar-refractivity contribution in [1.82, 2.24) is 14.7 Å². The Kier molecular flexibility index (Phi) is 6.64. The van der Waals surface area contributed by atoms with Gasteiger partial charge in [0.05, 0.1) is 23.7 Å². The Bertz CT molecular complexity index is 703. The molecule has 2 heterocycles. The van der Waals surface area contributed by atoms with Crippen LogP contribution in [-0.4, -0.2) is 84.0 Å². The average Bonchev–Trinajstić information content (AvgIpc) is 2.72. The number of hydrogen-bond acceptors (Lipinski definition) is 4. The lowest BCUT2D eigenvalue weighted by atomic mass is 9.83. The molecule has 1 aromatic carbocycles. The fraction of sp³-hybridized carbons (Fsp3) is 0.652. The highest BCUT2D eigenvalue weighted by atomic mass is 16.5. The number of amides is 2. The first-order valence-electron chi connectivity index (χ1n) is 10.7. The molecule has 2 amide bonds. The Morgan fingerprint density at radius 3 is 2.07 bits per heavy atom. The molecule has 0 spiro atoms. The van der Waals surface area contributed by atoms with E-state index in [1.165, 1.54) is 0 Å². The Hall–Kier alpha value is -1.92. The van der Waals surface area contributed by atoms with Crippen molar-refractivity contribution in [2.75, 3.05) is 39.3 Å². The van der Waals surface area contributed by atoms with Gasteiger partial charge in [0, 0.05) is 39.3 Å². The van der Waals surface area contributed by atoms with Crippen LogP contribution in [0.5, 0.6) is 0 Å². The molecule has 2 saturated heterocycles. The molecule has 29 heavy (non-hydrogen) atoms. The van der Waals surface area contributed by atoms with Crippen molar-refractivity contribution in [3.63, 3.8) is 0 Å². The molecule has 6 heteroatoms. The van der Waals surface area contributed by atoms with Crippen LogP contribution in [0.4, 0.5) is 0 Å². The molecule has 3 rings (SSSR count). The fourth-order valence-corrected chi connectivity index (χ4v) is 4.46. The zero-order valence-corrected chi connectivity index (χ0v) is 18.4. The summed E-state index contributed by atoms with van der Waals surface area (Å²) in [4.78, 5) is 32.2. The minimum Gasteiger partial charge on any atom is -0.372 e. The summed E-state index contributed by atoms with van der Waals surface area (Å²) in [5.41, 5.74) is 0.483. The predicted octanol–water partition coefficient (Wildman–Crippen LogP) is 2.13. The average molecular weight is 402 g/mol. The Morgan fingerprint density at radius 1 is 0.966 bits per heavy atom. The van der Waals surface area contributed by atoms with E-state index in [4.69, 9.17) is 4.74 Å². The molecular weight excluding hydrogens is 366 g/mol. The maximum atomic E-state index is 13.2. The number of carbonyl (C=O) groups excluding carboxylic acids is 2. The summed E-state index contributed by atoms with van der Waals surface area (Å²) in [6.45, 7) is 14.0. The minimum atomic E-state index is -0.551. The second-order valence-electron chi connectivity index (χ2n) is 9.00. The van der Waals surface area contributed by atoms with Gasteiger partial charge in [0.1, 0.15) is 0 Å². The van der Waals surface area contributed by atoms with E-state index in [2.05, 4.69) is 4.90 Å². The molecule has 0 saturated carbocycles. The third-order valence-corrected chi connectivity index (χ3v) is 6.27. The molecule has 6 nitrogen and oxygen atoms in total. The summed E-state index contributed by atoms with van der Waals surface area (Å²) in [5, 5.41) is 0. The summed E-state index contributed by atoms with van der Waals surface area (Å²) < 4.78 is 5.75. The van der Waals surface area contributed by atoms with Crippen LogP contribution in [0.25, 0.3) is 0 Å². The first-order valence-corrected chi connectivity index (χ1v) is 10.7. The van der Waals surface area contributed by atoms with E-state index >= 15 is 0 Å². The highest BCUT2D eigenvalue weighted by Crippen LogP contribution is 2.26. The van der Waals surface area contributed by atoms with Gasteiger partial charge in [-0.1, -0.05) is 30.3 Å². The lowest BCUT2D eigenvalue weighted by Crippen LogP contribution is -2.59. The van der Waals surface area contributed by atoms with Crippen LogP contribution in [0.15, 0.2) is 30.3 Å². The van der Waals surface area contributed by atoms with E-state index in [1.54, 1.807) is 0 Å². The molecule has 3 atom stereocenters. The van der Waals surface area contributed by atoms with Crippen LogP contribution in [0.1, 0.15) is 40.2 Å². The van der Waals surface area contributed by atoms with E-state index < -0.39 is 5.41 Å². The van der Waals surface area contributed by atoms with Crippen LogP contribution in [-0.2, 0) is 19.7 Å². The second kappa shape index (κ2) is 8.84. The minimum absolute atomic E-state index is 0.0737. The molecule has 0 aromatic heterocycles. The van der Waals surface area contributed by atoms with Gasteiger partial charge < -0.3 is 14.5 Å². The molecule has 160 valence electrons. The van der Waals surface area contributed by atoms with Gasteiger partial charge in [0.25, 0.3) is 0 Å². The van der Waals surface area contributed by atoms with Gasteiger partial charge in [-0.15, -0.1) is 0 Å². The van der Waals surface area contributed by atoms with Crippen LogP contribution >= 0.6 is 0 Å². The van der Waals surface area contributed by atoms with E-state index in [-0.39, 0.29) is 30.1 Å². The number of hydrogen-bond donors (Lipinski definition) is 0. The topological polar surface area (TPSA) is 53.1 Å². The van der Waals surface area contributed by atoms with Crippen LogP contribution in [0, 0.1) is 0 Å². The van der Waals surface area contributed by atoms with Gasteiger partial charge in [0.15, 0.2) is 0 Å². The van der Waals surface area contributed by atoms with E-state index in [0.717, 1.165) is 18.7 Å². The number of morpholine rings is 1. The van der Waals surface area contributed by atoms with E-state index in [0.29, 0.717) is 26.2 Å². The molecule has 2 aliphatic heterocycles. The van der Waals surface area contributed by atoms with Gasteiger partial charge in [-0.05, 0) is 40.2 Å².